The molecule has 0 radical (unpaired) electrons. The number of rotatable bonds is 6. The minimum Gasteiger partial charge on any atom is -0.492 e. The Morgan fingerprint density at radius 2 is 1.83 bits per heavy atom. The Bertz CT molecular complexity index is 1820. The van der Waals surface area contributed by atoms with Gasteiger partial charge in [-0.1, -0.05) is 61.5 Å². The van der Waals surface area contributed by atoms with Crippen LogP contribution in [-0.4, -0.2) is 91.4 Å². The zero-order chi connectivity index (χ0) is 36.5. The number of nitrogens with zero attached hydrogens (tertiary/aromatic N) is 6. The van der Waals surface area contributed by atoms with Crippen LogP contribution in [0.4, 0.5) is 0 Å². The Morgan fingerprint density at radius 1 is 1.00 bits per heavy atom. The van der Waals surface area contributed by atoms with Gasteiger partial charge in [-0.05, 0) is 42.0 Å². The molecule has 14 nitrogen and oxygen atoms in total. The summed E-state index contributed by atoms with van der Waals surface area (Å²) < 4.78 is 9.61. The van der Waals surface area contributed by atoms with Crippen molar-refractivity contribution in [1.82, 2.24) is 45.4 Å². The summed E-state index contributed by atoms with van der Waals surface area (Å²) in [6.45, 7) is 5.86. The van der Waals surface area contributed by atoms with Gasteiger partial charge in [0.25, 0.3) is 0 Å². The van der Waals surface area contributed by atoms with E-state index < -0.39 is 23.4 Å². The third-order valence-corrected chi connectivity index (χ3v) is 9.58. The molecule has 14 heteroatoms. The van der Waals surface area contributed by atoms with E-state index in [1.807, 2.05) is 79.3 Å². The first-order chi connectivity index (χ1) is 25.2. The van der Waals surface area contributed by atoms with Gasteiger partial charge >= 0.3 is 0 Å². The van der Waals surface area contributed by atoms with Gasteiger partial charge in [0.2, 0.25) is 23.6 Å². The first-order valence-corrected chi connectivity index (χ1v) is 17.9. The number of carbonyl (C=O) groups is 4. The van der Waals surface area contributed by atoms with Gasteiger partial charge in [-0.25, -0.2) is 9.67 Å². The second-order valence-electron chi connectivity index (χ2n) is 14.0. The van der Waals surface area contributed by atoms with E-state index in [1.165, 1.54) is 0 Å². The van der Waals surface area contributed by atoms with Crippen LogP contribution < -0.4 is 20.7 Å². The lowest BCUT2D eigenvalue weighted by Gasteiger charge is -2.28. The number of hydrogen-bond donors (Lipinski definition) is 3. The largest absolute Gasteiger partial charge is 0.492 e. The summed E-state index contributed by atoms with van der Waals surface area (Å²) in [7, 11) is 0. The monoisotopic (exact) mass is 709 g/mol. The Morgan fingerprint density at radius 3 is 2.58 bits per heavy atom. The summed E-state index contributed by atoms with van der Waals surface area (Å²) in [5.74, 6) is -0.771. The van der Waals surface area contributed by atoms with Crippen LogP contribution >= 0.6 is 0 Å². The number of imidazole rings is 1. The average Bonchev–Trinajstić information content (AvgIpc) is 3.47. The van der Waals surface area contributed by atoms with E-state index in [1.54, 1.807) is 28.2 Å². The molecule has 1 saturated carbocycles. The number of carbonyl (C=O) groups excluding carboxylic acids is 4. The van der Waals surface area contributed by atoms with Gasteiger partial charge in [0, 0.05) is 57.6 Å². The molecule has 3 heterocycles. The van der Waals surface area contributed by atoms with Gasteiger partial charge in [0.1, 0.15) is 24.4 Å². The molecular weight excluding hydrogens is 662 g/mol. The highest BCUT2D eigenvalue weighted by Gasteiger charge is 2.51. The van der Waals surface area contributed by atoms with Crippen LogP contribution in [0.25, 0.3) is 0 Å². The maximum atomic E-state index is 14.1. The van der Waals surface area contributed by atoms with Crippen molar-refractivity contribution >= 4 is 23.6 Å². The second kappa shape index (κ2) is 16.7. The summed E-state index contributed by atoms with van der Waals surface area (Å²) in [6.07, 6.45) is 9.45. The summed E-state index contributed by atoms with van der Waals surface area (Å²) in [6, 6.07) is 14.9. The lowest BCUT2D eigenvalue weighted by molar-refractivity contribution is -0.138. The molecular formula is C38H47N9O5. The van der Waals surface area contributed by atoms with Gasteiger partial charge in [0.15, 0.2) is 0 Å². The molecule has 2 atom stereocenters. The molecule has 6 rings (SSSR count). The molecule has 1 aliphatic carbocycles. The molecule has 4 aromatic rings. The highest BCUT2D eigenvalue weighted by molar-refractivity contribution is 5.93. The van der Waals surface area contributed by atoms with Crippen LogP contribution in [0.3, 0.4) is 0 Å². The van der Waals surface area contributed by atoms with Crippen molar-refractivity contribution in [2.45, 2.75) is 71.1 Å². The van der Waals surface area contributed by atoms with Gasteiger partial charge in [-0.2, -0.15) is 0 Å². The highest BCUT2D eigenvalue weighted by atomic mass is 16.5. The van der Waals surface area contributed by atoms with Gasteiger partial charge < -0.3 is 30.2 Å². The number of hydrogen-bond acceptors (Lipinski definition) is 8. The quantitative estimate of drug-likeness (QED) is 0.274. The number of ether oxygens (including phenoxy) is 1. The molecule has 3 N–H and O–H groups in total. The van der Waals surface area contributed by atoms with Crippen molar-refractivity contribution in [3.8, 4) is 5.75 Å². The molecule has 1 aliphatic heterocycles. The molecule has 4 bridgehead atoms. The Kier molecular flexibility index (Phi) is 11.6. The number of nitrogens with one attached hydrogen (secondary N) is 3. The zero-order valence-corrected chi connectivity index (χ0v) is 29.7. The minimum absolute atomic E-state index is 0.0219. The fourth-order valence-electron chi connectivity index (χ4n) is 6.49. The molecule has 2 aromatic carbocycles. The lowest BCUT2D eigenvalue weighted by Crippen LogP contribution is -2.56. The molecule has 4 amide bonds. The van der Waals surface area contributed by atoms with Crippen LogP contribution in [0.15, 0.2) is 79.5 Å². The van der Waals surface area contributed by atoms with E-state index in [4.69, 9.17) is 4.74 Å². The molecule has 52 heavy (non-hydrogen) atoms. The van der Waals surface area contributed by atoms with Crippen molar-refractivity contribution in [3.63, 3.8) is 0 Å². The predicted molar refractivity (Wildman–Crippen MR) is 192 cm³/mol. The third kappa shape index (κ3) is 9.62. The maximum absolute atomic E-state index is 14.1. The Labute approximate surface area is 303 Å². The van der Waals surface area contributed by atoms with Crippen molar-refractivity contribution in [3.05, 3.63) is 96.3 Å². The minimum atomic E-state index is -0.918. The maximum Gasteiger partial charge on any atom is 0.243 e. The number of amides is 4. The first-order valence-electron chi connectivity index (χ1n) is 17.9. The average molecular weight is 710 g/mol. The Balaban J connectivity index is 1.24. The molecule has 2 aliphatic rings. The van der Waals surface area contributed by atoms with E-state index in [0.29, 0.717) is 38.4 Å². The smallest absolute Gasteiger partial charge is 0.243 e. The Hall–Kier alpha value is -5.53. The van der Waals surface area contributed by atoms with Gasteiger partial charge in [0.05, 0.1) is 30.4 Å². The van der Waals surface area contributed by atoms with Crippen LogP contribution in [0.1, 0.15) is 43.5 Å². The topological polar surface area (TPSA) is 165 Å². The van der Waals surface area contributed by atoms with E-state index in [-0.39, 0.29) is 49.6 Å². The summed E-state index contributed by atoms with van der Waals surface area (Å²) in [4.78, 5) is 60.8. The summed E-state index contributed by atoms with van der Waals surface area (Å²) in [5, 5.41) is 17.4. The van der Waals surface area contributed by atoms with Crippen molar-refractivity contribution < 1.29 is 23.9 Å². The number of benzene rings is 2. The second-order valence-corrected chi connectivity index (χ2v) is 14.0. The predicted octanol–water partition coefficient (Wildman–Crippen LogP) is 1.95. The fraction of sp³-hybridized carbons (Fsp3) is 0.447. The van der Waals surface area contributed by atoms with E-state index >= 15 is 0 Å². The molecule has 0 unspecified atom stereocenters. The molecule has 0 saturated heterocycles. The lowest BCUT2D eigenvalue weighted by atomic mass is 10.0. The van der Waals surface area contributed by atoms with Gasteiger partial charge in [-0.3, -0.25) is 19.2 Å². The van der Waals surface area contributed by atoms with E-state index in [2.05, 4.69) is 31.2 Å². The molecule has 274 valence electrons. The number of fused-ring (bicyclic) bond motifs is 4. The first kappa shape index (κ1) is 36.3. The normalized spacial score (nSPS) is 20.3. The standard InChI is InChI=1S/C38H47N9O5/c1-27(2)34-36(50)41-32(22-28-7-4-3-5-8-28)35(49)40-15-18-46(37(51)38(12-13-38)25-45-17-14-39-26-45)16-11-30-24-47(44-43-30)19-20-52-31-10-6-9-29(21-31)23-33(48)42-34/h3-10,14,17,21,24,26-27,32,34H,11-13,15-16,18-20,22-23,25H2,1-2H3,(H,40,49)(H,41,50)(H,42,48)/t32-,34+/m0/s1. The SMILES string of the molecule is CC(C)[C@H]1NC(=O)Cc2cccc(c2)OCCn2cc(nn2)CCN(C(=O)C2(Cn3ccnc3)CC2)CCNC(=O)[C@H](Cc2ccccc2)NC1=O. The fourth-order valence-corrected chi connectivity index (χ4v) is 6.49. The van der Waals surface area contributed by atoms with Crippen molar-refractivity contribution in [2.24, 2.45) is 11.3 Å². The summed E-state index contributed by atoms with van der Waals surface area (Å²) >= 11 is 0. The van der Waals surface area contributed by atoms with Crippen LogP contribution in [0.5, 0.6) is 5.75 Å². The van der Waals surface area contributed by atoms with Crippen molar-refractivity contribution in [2.75, 3.05) is 26.2 Å². The molecule has 0 spiro atoms. The van der Waals surface area contributed by atoms with E-state index in [0.717, 1.165) is 29.7 Å². The number of aromatic nitrogens is 5. The van der Waals surface area contributed by atoms with Crippen LogP contribution in [-0.2, 0) is 51.5 Å². The molecule has 1 fully saturated rings. The third-order valence-electron chi connectivity index (χ3n) is 9.58. The zero-order valence-electron chi connectivity index (χ0n) is 29.7. The van der Waals surface area contributed by atoms with Gasteiger partial charge in [-0.15, -0.1) is 5.10 Å². The summed E-state index contributed by atoms with van der Waals surface area (Å²) in [5.41, 5.74) is 1.81. The van der Waals surface area contributed by atoms with E-state index in [9.17, 15) is 19.2 Å². The molecule has 2 aromatic heterocycles. The van der Waals surface area contributed by atoms with Crippen molar-refractivity contribution in [1.29, 1.82) is 0 Å². The highest BCUT2D eigenvalue weighted by Crippen LogP contribution is 2.48. The van der Waals surface area contributed by atoms with Crippen LogP contribution in [0.2, 0.25) is 0 Å². The van der Waals surface area contributed by atoms with Crippen LogP contribution in [0, 0.1) is 11.3 Å².